The predicted octanol–water partition coefficient (Wildman–Crippen LogP) is 4.99. The summed E-state index contributed by atoms with van der Waals surface area (Å²) < 4.78 is 40.0. The van der Waals surface area contributed by atoms with Gasteiger partial charge in [0.05, 0.1) is 24.2 Å². The third kappa shape index (κ3) is 6.43. The van der Waals surface area contributed by atoms with Crippen LogP contribution in [0.2, 0.25) is 0 Å². The number of carbonyl (C=O) groups excluding carboxylic acids is 1. The van der Waals surface area contributed by atoms with Gasteiger partial charge in [-0.25, -0.2) is 8.42 Å². The van der Waals surface area contributed by atoms with E-state index in [-0.39, 0.29) is 37.2 Å². The largest absolute Gasteiger partial charge is 0.497 e. The van der Waals surface area contributed by atoms with Crippen LogP contribution in [0.25, 0.3) is 0 Å². The Labute approximate surface area is 257 Å². The molecule has 1 aromatic carbocycles. The maximum atomic E-state index is 13.7. The van der Waals surface area contributed by atoms with Gasteiger partial charge in [0.1, 0.15) is 12.4 Å². The topological polar surface area (TPSA) is 79.4 Å². The van der Waals surface area contributed by atoms with E-state index in [0.717, 1.165) is 38.8 Å². The lowest BCUT2D eigenvalue weighted by Crippen LogP contribution is -2.52. The summed E-state index contributed by atoms with van der Waals surface area (Å²) in [6, 6.07) is 3.53. The van der Waals surface area contributed by atoms with E-state index in [2.05, 4.69) is 25.1 Å². The molecule has 0 N–H and O–H groups in total. The molecule has 0 unspecified atom stereocenters. The number of allylic oxidation sites excluding steroid dienone is 1. The minimum absolute atomic E-state index is 0.00114. The fourth-order valence-corrected chi connectivity index (χ4v) is 10.8. The first-order chi connectivity index (χ1) is 20.0. The van der Waals surface area contributed by atoms with Crippen molar-refractivity contribution in [3.8, 4) is 5.75 Å². The Hall–Kier alpha value is -1.59. The number of likely N-dealkylation sites (N-methyl/N-ethyl adjacent to an activating group) is 1. The third-order valence-corrected chi connectivity index (χ3v) is 13.8. The van der Waals surface area contributed by atoms with Crippen molar-refractivity contribution in [2.75, 3.05) is 59.8 Å². The van der Waals surface area contributed by atoms with E-state index < -0.39 is 10.0 Å². The lowest BCUT2D eigenvalue weighted by molar-refractivity contribution is -0.139. The molecule has 0 radical (unpaired) electrons. The fourth-order valence-electron chi connectivity index (χ4n) is 7.40. The average Bonchev–Trinajstić information content (AvgIpc) is 3.63. The first-order valence-corrected chi connectivity index (χ1v) is 18.0. The van der Waals surface area contributed by atoms with Crippen LogP contribution in [-0.4, -0.2) is 99.8 Å². The van der Waals surface area contributed by atoms with Crippen molar-refractivity contribution in [1.82, 2.24) is 14.1 Å². The van der Waals surface area contributed by atoms with E-state index in [1.165, 1.54) is 37.9 Å². The first-order valence-electron chi connectivity index (χ1n) is 15.5. The van der Waals surface area contributed by atoms with Crippen LogP contribution in [0.15, 0.2) is 28.0 Å². The smallest absolute Gasteiger partial charge is 0.248 e. The minimum atomic E-state index is -3.69. The van der Waals surface area contributed by atoms with E-state index >= 15 is 0 Å². The number of ether oxygens (including phenoxy) is 2. The summed E-state index contributed by atoms with van der Waals surface area (Å²) in [5.41, 5.74) is 1.89. The Kier molecular flexibility index (Phi) is 9.69. The maximum Gasteiger partial charge on any atom is 0.248 e. The highest BCUT2D eigenvalue weighted by Gasteiger charge is 2.47. The number of sulfonamides is 1. The summed E-state index contributed by atoms with van der Waals surface area (Å²) in [4.78, 5) is 19.4. The van der Waals surface area contributed by atoms with Gasteiger partial charge in [-0.15, -0.1) is 11.8 Å². The Morgan fingerprint density at radius 1 is 1.05 bits per heavy atom. The highest BCUT2D eigenvalue weighted by atomic mass is 32.2. The Bertz CT molecular complexity index is 1250. The van der Waals surface area contributed by atoms with Gasteiger partial charge < -0.3 is 14.4 Å². The van der Waals surface area contributed by atoms with Crippen LogP contribution in [0.1, 0.15) is 68.9 Å². The number of likely N-dealkylation sites (tertiary alicyclic amines) is 1. The van der Waals surface area contributed by atoms with Gasteiger partial charge in [-0.2, -0.15) is 4.31 Å². The van der Waals surface area contributed by atoms with E-state index in [4.69, 9.17) is 9.47 Å². The number of benzene rings is 1. The molecular formula is C32H49N3O5S2. The molecule has 2 aliphatic carbocycles. The summed E-state index contributed by atoms with van der Waals surface area (Å²) in [5, 5.41) is 0. The third-order valence-electron chi connectivity index (χ3n) is 10.2. The molecule has 1 amide bonds. The highest BCUT2D eigenvalue weighted by molar-refractivity contribution is 8.03. The molecule has 0 aromatic heterocycles. The zero-order valence-electron chi connectivity index (χ0n) is 26.1. The average molecular weight is 620 g/mol. The molecule has 1 aromatic rings. The van der Waals surface area contributed by atoms with Crippen molar-refractivity contribution in [1.29, 1.82) is 0 Å². The monoisotopic (exact) mass is 619 g/mol. The van der Waals surface area contributed by atoms with E-state index in [1.807, 2.05) is 30.5 Å². The summed E-state index contributed by atoms with van der Waals surface area (Å²) in [5.74, 6) is 1.88. The van der Waals surface area contributed by atoms with Crippen molar-refractivity contribution >= 4 is 27.7 Å². The molecule has 2 aliphatic heterocycles. The number of nitrogens with zero attached hydrogens (tertiary/aromatic N) is 3. The predicted molar refractivity (Wildman–Crippen MR) is 168 cm³/mol. The standard InChI is InChI=1S/C32H49N3O5S2/c1-24-21-27(39-5)22-25(2)30(24)42(37,38)35(26-8-9-26)18-19-40-23-29(36)34-16-14-31(15-17-34)10-12-32(13-11-31,33(3)4)28-7-6-20-41-28/h7,21-22,26H,6,8-20,23H2,1-5H3. The molecule has 10 heteroatoms. The molecule has 5 rings (SSSR count). The number of piperidine rings is 1. The quantitative estimate of drug-likeness (QED) is 0.323. The lowest BCUT2D eigenvalue weighted by Gasteiger charge is -2.52. The second kappa shape index (κ2) is 12.8. The lowest BCUT2D eigenvalue weighted by atomic mass is 9.62. The summed E-state index contributed by atoms with van der Waals surface area (Å²) >= 11 is 2.05. The van der Waals surface area contributed by atoms with Gasteiger partial charge in [0.25, 0.3) is 0 Å². The molecule has 234 valence electrons. The number of amides is 1. The minimum Gasteiger partial charge on any atom is -0.497 e. The molecule has 2 saturated carbocycles. The maximum absolute atomic E-state index is 13.7. The van der Waals surface area contributed by atoms with Crippen LogP contribution < -0.4 is 4.74 Å². The molecule has 0 bridgehead atoms. The molecule has 42 heavy (non-hydrogen) atoms. The summed E-state index contributed by atoms with van der Waals surface area (Å²) in [6.07, 6.45) is 12.3. The number of aryl methyl sites for hydroxylation is 2. The summed E-state index contributed by atoms with van der Waals surface area (Å²) in [7, 11) is 2.37. The zero-order chi connectivity index (χ0) is 30.1. The van der Waals surface area contributed by atoms with Crippen molar-refractivity contribution in [3.63, 3.8) is 0 Å². The van der Waals surface area contributed by atoms with Crippen molar-refractivity contribution in [2.24, 2.45) is 5.41 Å². The molecule has 8 nitrogen and oxygen atoms in total. The SMILES string of the molecule is COc1cc(C)c(S(=O)(=O)N(CCOCC(=O)N2CCC3(CC2)CCC(C2=CCCS2)(N(C)C)CC3)C2CC2)c(C)c1. The molecule has 3 fully saturated rings. The van der Waals surface area contributed by atoms with E-state index in [1.54, 1.807) is 28.5 Å². The van der Waals surface area contributed by atoms with Crippen LogP contribution in [0.4, 0.5) is 0 Å². The second-order valence-corrected chi connectivity index (χ2v) is 16.0. The number of hydrogen-bond acceptors (Lipinski definition) is 7. The normalized spacial score (nSPS) is 22.2. The van der Waals surface area contributed by atoms with E-state index in [9.17, 15) is 13.2 Å². The molecule has 2 heterocycles. The molecular weight excluding hydrogens is 571 g/mol. The van der Waals surface area contributed by atoms with Gasteiger partial charge in [-0.05, 0) is 114 Å². The number of thioether (sulfide) groups is 1. The molecule has 4 aliphatic rings. The molecule has 1 saturated heterocycles. The highest BCUT2D eigenvalue weighted by Crippen LogP contribution is 2.53. The van der Waals surface area contributed by atoms with Gasteiger partial charge in [-0.1, -0.05) is 6.08 Å². The molecule has 0 atom stereocenters. The zero-order valence-corrected chi connectivity index (χ0v) is 27.7. The Morgan fingerprint density at radius 2 is 1.69 bits per heavy atom. The van der Waals surface area contributed by atoms with Gasteiger partial charge in [0.2, 0.25) is 15.9 Å². The van der Waals surface area contributed by atoms with Gasteiger partial charge in [-0.3, -0.25) is 9.69 Å². The number of carbonyl (C=O) groups is 1. The summed E-state index contributed by atoms with van der Waals surface area (Å²) in [6.45, 7) is 5.64. The van der Waals surface area contributed by atoms with Crippen molar-refractivity contribution < 1.29 is 22.7 Å². The Morgan fingerprint density at radius 3 is 2.21 bits per heavy atom. The van der Waals surface area contributed by atoms with Crippen LogP contribution in [0.3, 0.4) is 0 Å². The van der Waals surface area contributed by atoms with Crippen LogP contribution in [0.5, 0.6) is 5.75 Å². The van der Waals surface area contributed by atoms with Crippen molar-refractivity contribution in [2.45, 2.75) is 88.1 Å². The first kappa shape index (κ1) is 31.8. The van der Waals surface area contributed by atoms with Crippen LogP contribution in [0, 0.1) is 19.3 Å². The van der Waals surface area contributed by atoms with E-state index in [0.29, 0.717) is 27.2 Å². The van der Waals surface area contributed by atoms with Crippen molar-refractivity contribution in [3.05, 3.63) is 34.2 Å². The van der Waals surface area contributed by atoms with Crippen LogP contribution >= 0.6 is 11.8 Å². The van der Waals surface area contributed by atoms with Gasteiger partial charge in [0, 0.05) is 36.3 Å². The Balaban J connectivity index is 1.10. The number of rotatable bonds is 11. The second-order valence-electron chi connectivity index (χ2n) is 13.0. The molecule has 1 spiro atoms. The number of methoxy groups -OCH3 is 1. The number of hydrogen-bond donors (Lipinski definition) is 0. The fraction of sp³-hybridized carbons (Fsp3) is 0.719. The van der Waals surface area contributed by atoms with Gasteiger partial charge in [0.15, 0.2) is 0 Å². The van der Waals surface area contributed by atoms with Gasteiger partial charge >= 0.3 is 0 Å². The van der Waals surface area contributed by atoms with Crippen LogP contribution in [-0.2, 0) is 19.6 Å².